The summed E-state index contributed by atoms with van der Waals surface area (Å²) < 4.78 is 0. The molecule has 13 nitrogen and oxygen atoms in total. The van der Waals surface area contributed by atoms with Gasteiger partial charge in [-0.3, -0.25) is 24.0 Å². The van der Waals surface area contributed by atoms with Crippen molar-refractivity contribution >= 4 is 35.6 Å². The molecule has 0 aliphatic carbocycles. The number of carbonyl (C=O) groups is 6. The minimum Gasteiger partial charge on any atom is -0.481 e. The minimum absolute atomic E-state index is 0.00152. The first-order valence-corrected chi connectivity index (χ1v) is 10.7. The van der Waals surface area contributed by atoms with Gasteiger partial charge in [0.15, 0.2) is 0 Å². The first kappa shape index (κ1) is 27.8. The Morgan fingerprint density at radius 3 is 2.21 bits per heavy atom. The summed E-state index contributed by atoms with van der Waals surface area (Å²) in [4.78, 5) is 72.9. The number of hydrogen-bond donors (Lipinski definition) is 6. The van der Waals surface area contributed by atoms with Gasteiger partial charge >= 0.3 is 11.9 Å². The van der Waals surface area contributed by atoms with E-state index in [1.54, 1.807) is 13.8 Å². The van der Waals surface area contributed by atoms with E-state index in [1.165, 1.54) is 0 Å². The zero-order valence-electron chi connectivity index (χ0n) is 18.8. The van der Waals surface area contributed by atoms with Gasteiger partial charge in [0.05, 0.1) is 12.5 Å². The molecule has 4 unspecified atom stereocenters. The molecule has 8 N–H and O–H groups in total. The quantitative estimate of drug-likeness (QED) is 0.177. The Kier molecular flexibility index (Phi) is 10.7. The predicted molar refractivity (Wildman–Crippen MR) is 114 cm³/mol. The lowest BCUT2D eigenvalue weighted by Crippen LogP contribution is -2.57. The van der Waals surface area contributed by atoms with Crippen LogP contribution in [0.4, 0.5) is 0 Å². The van der Waals surface area contributed by atoms with Crippen molar-refractivity contribution in [2.75, 3.05) is 6.54 Å². The highest BCUT2D eigenvalue weighted by Crippen LogP contribution is 2.20. The van der Waals surface area contributed by atoms with E-state index in [0.29, 0.717) is 6.42 Å². The van der Waals surface area contributed by atoms with Gasteiger partial charge in [0.2, 0.25) is 23.6 Å². The Morgan fingerprint density at radius 1 is 1.06 bits per heavy atom. The van der Waals surface area contributed by atoms with E-state index >= 15 is 0 Å². The first-order chi connectivity index (χ1) is 15.3. The van der Waals surface area contributed by atoms with Crippen LogP contribution in [0.25, 0.3) is 0 Å². The SMILES string of the molecule is CC(C)CC(NC(=O)C1CCCN1C(=O)C(CC(=O)O)NC(=O)C(N)CCC(N)=O)C(=O)O. The highest BCUT2D eigenvalue weighted by molar-refractivity contribution is 5.96. The highest BCUT2D eigenvalue weighted by atomic mass is 16.4. The van der Waals surface area contributed by atoms with E-state index in [9.17, 15) is 39.0 Å². The topological polar surface area (TPSA) is 222 Å². The van der Waals surface area contributed by atoms with Gasteiger partial charge in [-0.05, 0) is 31.6 Å². The maximum absolute atomic E-state index is 13.1. The molecule has 0 saturated carbocycles. The Labute approximate surface area is 191 Å². The zero-order valence-corrected chi connectivity index (χ0v) is 18.8. The average molecular weight is 472 g/mol. The van der Waals surface area contributed by atoms with Crippen LogP contribution in [0.2, 0.25) is 0 Å². The van der Waals surface area contributed by atoms with Crippen LogP contribution in [-0.4, -0.2) is 81.4 Å². The molecule has 1 aliphatic rings. The Morgan fingerprint density at radius 2 is 1.70 bits per heavy atom. The summed E-state index contributed by atoms with van der Waals surface area (Å²) in [6.07, 6.45) is -0.0985. The Bertz CT molecular complexity index is 772. The molecule has 1 fully saturated rings. The molecule has 0 aromatic rings. The molecule has 186 valence electrons. The molecule has 13 heteroatoms. The minimum atomic E-state index is -1.49. The molecule has 0 spiro atoms. The largest absolute Gasteiger partial charge is 0.481 e. The van der Waals surface area contributed by atoms with Gasteiger partial charge < -0.3 is 37.2 Å². The average Bonchev–Trinajstić information content (AvgIpc) is 3.19. The Hall–Kier alpha value is -3.22. The molecule has 1 heterocycles. The normalized spacial score (nSPS) is 18.3. The molecule has 33 heavy (non-hydrogen) atoms. The van der Waals surface area contributed by atoms with Gasteiger partial charge in [0, 0.05) is 13.0 Å². The van der Waals surface area contributed by atoms with Crippen LogP contribution in [0.1, 0.15) is 52.4 Å². The van der Waals surface area contributed by atoms with Gasteiger partial charge in [0.1, 0.15) is 18.1 Å². The summed E-state index contributed by atoms with van der Waals surface area (Å²) >= 11 is 0. The second-order valence-corrected chi connectivity index (χ2v) is 8.49. The van der Waals surface area contributed by atoms with Gasteiger partial charge in [0.25, 0.3) is 0 Å². The number of amides is 4. The molecule has 4 amide bonds. The third kappa shape index (κ3) is 9.04. The molecule has 0 radical (unpaired) electrons. The van der Waals surface area contributed by atoms with Crippen molar-refractivity contribution in [1.82, 2.24) is 15.5 Å². The number of carboxylic acids is 2. The summed E-state index contributed by atoms with van der Waals surface area (Å²) in [6, 6.07) is -4.81. The fourth-order valence-corrected chi connectivity index (χ4v) is 3.55. The van der Waals surface area contributed by atoms with Crippen LogP contribution in [0.5, 0.6) is 0 Å². The predicted octanol–water partition coefficient (Wildman–Crippen LogP) is -1.85. The summed E-state index contributed by atoms with van der Waals surface area (Å²) in [5, 5.41) is 23.3. The van der Waals surface area contributed by atoms with Gasteiger partial charge in [-0.1, -0.05) is 13.8 Å². The van der Waals surface area contributed by atoms with E-state index in [-0.39, 0.29) is 38.1 Å². The zero-order chi connectivity index (χ0) is 25.3. The first-order valence-electron chi connectivity index (χ1n) is 10.7. The van der Waals surface area contributed by atoms with E-state index < -0.39 is 66.2 Å². The van der Waals surface area contributed by atoms with Gasteiger partial charge in [-0.2, -0.15) is 0 Å². The van der Waals surface area contributed by atoms with Crippen LogP contribution >= 0.6 is 0 Å². The number of likely N-dealkylation sites (tertiary alicyclic amines) is 1. The van der Waals surface area contributed by atoms with Crippen molar-refractivity contribution < 1.29 is 39.0 Å². The second kappa shape index (κ2) is 12.7. The van der Waals surface area contributed by atoms with Crippen LogP contribution in [0.15, 0.2) is 0 Å². The van der Waals surface area contributed by atoms with Crippen LogP contribution < -0.4 is 22.1 Å². The van der Waals surface area contributed by atoms with Gasteiger partial charge in [-0.25, -0.2) is 4.79 Å². The maximum Gasteiger partial charge on any atom is 0.326 e. The number of carbonyl (C=O) groups excluding carboxylic acids is 4. The standard InChI is InChI=1S/C20H33N5O8/c1-10(2)8-13(20(32)33)24-18(30)14-4-3-7-25(14)19(31)12(9-16(27)28)23-17(29)11(21)5-6-15(22)26/h10-14H,3-9,21H2,1-2H3,(H2,22,26)(H,23,29)(H,24,30)(H,27,28)(H,32,33). The summed E-state index contributed by atoms with van der Waals surface area (Å²) in [5.41, 5.74) is 10.7. The monoisotopic (exact) mass is 471 g/mol. The molecule has 1 rings (SSSR count). The smallest absolute Gasteiger partial charge is 0.326 e. The van der Waals surface area contributed by atoms with E-state index in [0.717, 1.165) is 4.90 Å². The molecular weight excluding hydrogens is 438 g/mol. The number of hydrogen-bond acceptors (Lipinski definition) is 7. The van der Waals surface area contributed by atoms with E-state index in [4.69, 9.17) is 11.5 Å². The number of primary amides is 1. The van der Waals surface area contributed by atoms with Crippen LogP contribution in [0, 0.1) is 5.92 Å². The van der Waals surface area contributed by atoms with Crippen molar-refractivity contribution in [3.8, 4) is 0 Å². The maximum atomic E-state index is 13.1. The van der Waals surface area contributed by atoms with E-state index in [1.807, 2.05) is 0 Å². The van der Waals surface area contributed by atoms with Crippen molar-refractivity contribution in [2.45, 2.75) is 76.5 Å². The number of nitrogens with zero attached hydrogens (tertiary/aromatic N) is 1. The lowest BCUT2D eigenvalue weighted by atomic mass is 10.0. The number of carboxylic acid groups (broad SMARTS) is 2. The van der Waals surface area contributed by atoms with Crippen LogP contribution in [0.3, 0.4) is 0 Å². The molecular formula is C20H33N5O8. The van der Waals surface area contributed by atoms with Gasteiger partial charge in [-0.15, -0.1) is 0 Å². The van der Waals surface area contributed by atoms with Crippen molar-refractivity contribution in [2.24, 2.45) is 17.4 Å². The molecule has 0 aromatic heterocycles. The molecule has 1 saturated heterocycles. The summed E-state index contributed by atoms with van der Waals surface area (Å²) in [7, 11) is 0. The number of nitrogens with two attached hydrogens (primary N) is 2. The molecule has 0 bridgehead atoms. The molecule has 4 atom stereocenters. The van der Waals surface area contributed by atoms with Crippen molar-refractivity contribution in [3.63, 3.8) is 0 Å². The Balaban J connectivity index is 2.94. The number of nitrogens with one attached hydrogen (secondary N) is 2. The van der Waals surface area contributed by atoms with E-state index in [2.05, 4.69) is 10.6 Å². The summed E-state index contributed by atoms with van der Waals surface area (Å²) in [5.74, 6) is -5.51. The van der Waals surface area contributed by atoms with Crippen LogP contribution in [-0.2, 0) is 28.8 Å². The van der Waals surface area contributed by atoms with Crippen molar-refractivity contribution in [3.05, 3.63) is 0 Å². The lowest BCUT2D eigenvalue weighted by molar-refractivity contribution is -0.147. The fraction of sp³-hybridized carbons (Fsp3) is 0.700. The van der Waals surface area contributed by atoms with Crippen molar-refractivity contribution in [1.29, 1.82) is 0 Å². The highest BCUT2D eigenvalue weighted by Gasteiger charge is 2.39. The summed E-state index contributed by atoms with van der Waals surface area (Å²) in [6.45, 7) is 3.75. The molecule has 0 aromatic carbocycles. The number of rotatable bonds is 13. The number of aliphatic carboxylic acids is 2. The third-order valence-corrected chi connectivity index (χ3v) is 5.19. The third-order valence-electron chi connectivity index (χ3n) is 5.19. The molecule has 1 aliphatic heterocycles. The lowest BCUT2D eigenvalue weighted by Gasteiger charge is -2.29. The second-order valence-electron chi connectivity index (χ2n) is 8.49. The fourth-order valence-electron chi connectivity index (χ4n) is 3.55.